The molecule has 6 nitrogen and oxygen atoms in total. The molecule has 0 aromatic carbocycles. The van der Waals surface area contributed by atoms with E-state index in [1.54, 1.807) is 0 Å². The van der Waals surface area contributed by atoms with Crippen LogP contribution in [0.3, 0.4) is 0 Å². The van der Waals surface area contributed by atoms with Crippen molar-refractivity contribution in [3.05, 3.63) is 12.2 Å². The summed E-state index contributed by atoms with van der Waals surface area (Å²) in [4.78, 5) is 20.5. The maximum absolute atomic E-state index is 5.56. The molecule has 2 unspecified atom stereocenters. The van der Waals surface area contributed by atoms with Gasteiger partial charge in [-0.25, -0.2) is 14.7 Å². The van der Waals surface area contributed by atoms with E-state index < -0.39 is 11.6 Å². The van der Waals surface area contributed by atoms with Crippen LogP contribution in [0.15, 0.2) is 12.2 Å². The summed E-state index contributed by atoms with van der Waals surface area (Å²) in [7, 11) is 0. The molecule has 2 fully saturated rings. The Morgan fingerprint density at radius 2 is 1.56 bits per heavy atom. The van der Waals surface area contributed by atoms with E-state index in [1.807, 2.05) is 26.0 Å². The van der Waals surface area contributed by atoms with E-state index in [4.69, 9.17) is 29.0 Å². The number of hydrogen-bond donors (Lipinski definition) is 0. The van der Waals surface area contributed by atoms with Gasteiger partial charge in [-0.2, -0.15) is 4.89 Å². The van der Waals surface area contributed by atoms with Crippen LogP contribution in [0.25, 0.3) is 0 Å². The van der Waals surface area contributed by atoms with Crippen LogP contribution in [0.4, 0.5) is 0 Å². The smallest absolute Gasteiger partial charge is 0.323 e. The molecule has 0 amide bonds. The van der Waals surface area contributed by atoms with E-state index in [2.05, 4.69) is 0 Å². The summed E-state index contributed by atoms with van der Waals surface area (Å²) in [5, 5.41) is 0. The van der Waals surface area contributed by atoms with E-state index in [0.29, 0.717) is 13.2 Å². The normalized spacial score (nSPS) is 42.9. The highest BCUT2D eigenvalue weighted by molar-refractivity contribution is 5.26. The molecule has 0 radical (unpaired) electrons. The molecule has 2 bridgehead atoms. The topological polar surface area (TPSA) is 55.4 Å². The first-order chi connectivity index (χ1) is 7.79. The fourth-order valence-corrected chi connectivity index (χ4v) is 2.32. The standard InChI is InChI=1S/C10H14O6/c1-3-11-10(12-4-2)9(15-16-10)7-5-6-8(9)14-13-7/h5-8H,3-4H2,1-2H3. The first-order valence-electron chi connectivity index (χ1n) is 5.44. The second-order valence-electron chi connectivity index (χ2n) is 3.80. The van der Waals surface area contributed by atoms with E-state index in [-0.39, 0.29) is 12.2 Å². The van der Waals surface area contributed by atoms with Crippen molar-refractivity contribution in [2.75, 3.05) is 13.2 Å². The average Bonchev–Trinajstić information content (AvgIpc) is 2.84. The second kappa shape index (κ2) is 3.49. The third kappa shape index (κ3) is 1.02. The lowest BCUT2D eigenvalue weighted by atomic mass is 9.92. The fourth-order valence-electron chi connectivity index (χ4n) is 2.32. The van der Waals surface area contributed by atoms with Crippen molar-refractivity contribution in [1.29, 1.82) is 0 Å². The Morgan fingerprint density at radius 3 is 1.88 bits per heavy atom. The van der Waals surface area contributed by atoms with E-state index in [0.717, 1.165) is 0 Å². The molecule has 0 aromatic heterocycles. The van der Waals surface area contributed by atoms with E-state index in [9.17, 15) is 0 Å². The van der Waals surface area contributed by atoms with E-state index in [1.165, 1.54) is 0 Å². The largest absolute Gasteiger partial charge is 0.351 e. The molecule has 6 heteroatoms. The van der Waals surface area contributed by atoms with Gasteiger partial charge in [-0.1, -0.05) is 12.2 Å². The molecule has 16 heavy (non-hydrogen) atoms. The molecule has 3 rings (SSSR count). The average molecular weight is 230 g/mol. The molecule has 0 saturated carbocycles. The lowest BCUT2D eigenvalue weighted by Gasteiger charge is -2.52. The zero-order valence-corrected chi connectivity index (χ0v) is 9.17. The lowest BCUT2D eigenvalue weighted by Crippen LogP contribution is -2.75. The van der Waals surface area contributed by atoms with Crippen LogP contribution in [0.2, 0.25) is 0 Å². The van der Waals surface area contributed by atoms with E-state index >= 15 is 0 Å². The molecule has 0 aromatic rings. The third-order valence-corrected chi connectivity index (χ3v) is 3.01. The summed E-state index contributed by atoms with van der Waals surface area (Å²) < 4.78 is 11.1. The summed E-state index contributed by atoms with van der Waals surface area (Å²) in [5.74, 6) is -1.23. The van der Waals surface area contributed by atoms with Crippen LogP contribution in [-0.2, 0) is 29.0 Å². The molecule has 90 valence electrons. The van der Waals surface area contributed by atoms with Crippen LogP contribution in [-0.4, -0.2) is 37.0 Å². The number of ether oxygens (including phenoxy) is 2. The highest BCUT2D eigenvalue weighted by atomic mass is 17.3. The molecule has 2 atom stereocenters. The predicted octanol–water partition coefficient (Wildman–Crippen LogP) is 0.683. The monoisotopic (exact) mass is 230 g/mol. The van der Waals surface area contributed by atoms with Crippen LogP contribution < -0.4 is 0 Å². The Bertz CT molecular complexity index is 294. The minimum absolute atomic E-state index is 0.357. The second-order valence-corrected chi connectivity index (χ2v) is 3.80. The molecule has 2 heterocycles. The first kappa shape index (κ1) is 10.6. The Hall–Kier alpha value is -0.500. The fraction of sp³-hybridized carbons (Fsp3) is 0.800. The molecule has 1 aliphatic carbocycles. The van der Waals surface area contributed by atoms with Crippen LogP contribution in [0, 0.1) is 0 Å². The third-order valence-electron chi connectivity index (χ3n) is 3.01. The van der Waals surface area contributed by atoms with Gasteiger partial charge in [0.1, 0.15) is 0 Å². The van der Waals surface area contributed by atoms with Gasteiger partial charge in [0.05, 0.1) is 0 Å². The molecule has 2 saturated heterocycles. The maximum atomic E-state index is 5.56. The van der Waals surface area contributed by atoms with Crippen molar-refractivity contribution < 1.29 is 29.0 Å². The van der Waals surface area contributed by atoms with Crippen molar-refractivity contribution in [3.63, 3.8) is 0 Å². The molecular weight excluding hydrogens is 216 g/mol. The van der Waals surface area contributed by atoms with Gasteiger partial charge in [-0.3, -0.25) is 0 Å². The van der Waals surface area contributed by atoms with Gasteiger partial charge in [-0.15, -0.1) is 0 Å². The summed E-state index contributed by atoms with van der Waals surface area (Å²) in [5.41, 5.74) is -0.862. The van der Waals surface area contributed by atoms with Crippen molar-refractivity contribution >= 4 is 0 Å². The summed E-state index contributed by atoms with van der Waals surface area (Å²) in [6.07, 6.45) is 3.01. The Balaban J connectivity index is 1.90. The summed E-state index contributed by atoms with van der Waals surface area (Å²) >= 11 is 0. The van der Waals surface area contributed by atoms with Gasteiger partial charge in [-0.05, 0) is 13.8 Å². The highest BCUT2D eigenvalue weighted by Crippen LogP contribution is 2.55. The highest BCUT2D eigenvalue weighted by Gasteiger charge is 2.80. The van der Waals surface area contributed by atoms with Gasteiger partial charge in [0.15, 0.2) is 12.2 Å². The zero-order chi connectivity index (χ0) is 11.2. The molecule has 2 aliphatic heterocycles. The van der Waals surface area contributed by atoms with Gasteiger partial charge >= 0.3 is 5.97 Å². The minimum atomic E-state index is -1.23. The van der Waals surface area contributed by atoms with Gasteiger partial charge < -0.3 is 9.47 Å². The summed E-state index contributed by atoms with van der Waals surface area (Å²) in [6, 6.07) is 0. The Labute approximate surface area is 92.9 Å². The van der Waals surface area contributed by atoms with Crippen LogP contribution >= 0.6 is 0 Å². The van der Waals surface area contributed by atoms with Crippen molar-refractivity contribution in [3.8, 4) is 0 Å². The summed E-state index contributed by atoms with van der Waals surface area (Å²) in [6.45, 7) is 4.62. The van der Waals surface area contributed by atoms with Gasteiger partial charge in [0.2, 0.25) is 0 Å². The van der Waals surface area contributed by atoms with Crippen LogP contribution in [0.5, 0.6) is 0 Å². The minimum Gasteiger partial charge on any atom is -0.323 e. The SMILES string of the molecule is CCOC1(OCC)OOC12C1C=CC2OO1. The lowest BCUT2D eigenvalue weighted by molar-refractivity contribution is -0.673. The number of rotatable bonds is 4. The zero-order valence-electron chi connectivity index (χ0n) is 9.17. The van der Waals surface area contributed by atoms with Crippen molar-refractivity contribution in [1.82, 2.24) is 0 Å². The quantitative estimate of drug-likeness (QED) is 0.402. The van der Waals surface area contributed by atoms with Crippen LogP contribution in [0.1, 0.15) is 13.8 Å². The maximum Gasteiger partial charge on any atom is 0.351 e. The molecular formula is C10H14O6. The molecule has 0 N–H and O–H groups in total. The van der Waals surface area contributed by atoms with Crippen molar-refractivity contribution in [2.45, 2.75) is 37.6 Å². The molecule has 1 spiro atoms. The first-order valence-corrected chi connectivity index (χ1v) is 5.44. The molecule has 3 aliphatic rings. The predicted molar refractivity (Wildman–Crippen MR) is 49.8 cm³/mol. The Kier molecular flexibility index (Phi) is 2.32. The van der Waals surface area contributed by atoms with Gasteiger partial charge in [0, 0.05) is 13.2 Å². The Morgan fingerprint density at radius 1 is 1.00 bits per heavy atom. The number of hydrogen-bond acceptors (Lipinski definition) is 6. The van der Waals surface area contributed by atoms with Crippen molar-refractivity contribution in [2.24, 2.45) is 0 Å². The van der Waals surface area contributed by atoms with Gasteiger partial charge in [0.25, 0.3) is 5.60 Å².